The first-order chi connectivity index (χ1) is 19.2. The highest BCUT2D eigenvalue weighted by Gasteiger charge is 2.21. The number of benzene rings is 3. The number of ether oxygens (including phenoxy) is 3. The molecule has 0 aliphatic carbocycles. The third kappa shape index (κ3) is 13.6. The van der Waals surface area contributed by atoms with Crippen LogP contribution < -0.4 is 20.5 Å². The maximum Gasteiger partial charge on any atom is 0.408 e. The number of rotatable bonds is 13. The Bertz CT molecular complexity index is 1190. The first-order valence-electron chi connectivity index (χ1n) is 12.8. The van der Waals surface area contributed by atoms with Crippen molar-refractivity contribution in [3.8, 4) is 11.5 Å². The van der Waals surface area contributed by atoms with Crippen molar-refractivity contribution in [3.63, 3.8) is 0 Å². The van der Waals surface area contributed by atoms with Crippen LogP contribution in [0.5, 0.6) is 11.5 Å². The Kier molecular flexibility index (Phi) is 16.0. The number of alkyl carbamates (subject to hydrolysis) is 1. The van der Waals surface area contributed by atoms with Gasteiger partial charge in [0.1, 0.15) is 30.2 Å². The predicted octanol–water partition coefficient (Wildman–Crippen LogP) is 4.47. The molecule has 0 unspecified atom stereocenters. The zero-order valence-electron chi connectivity index (χ0n) is 23.0. The van der Waals surface area contributed by atoms with Crippen LogP contribution in [-0.2, 0) is 33.8 Å². The van der Waals surface area contributed by atoms with Crippen LogP contribution in [0.2, 0.25) is 0 Å². The van der Waals surface area contributed by atoms with Crippen molar-refractivity contribution in [2.75, 3.05) is 13.2 Å². The molecule has 3 aromatic carbocycles. The number of aliphatic carboxylic acids is 2. The molecular formula is C30H37ClN2O8. The van der Waals surface area contributed by atoms with Crippen molar-refractivity contribution in [1.29, 1.82) is 0 Å². The molecule has 0 aliphatic heterocycles. The number of hydrogen-bond acceptors (Lipinski definition) is 7. The van der Waals surface area contributed by atoms with Crippen molar-refractivity contribution in [2.45, 2.75) is 45.4 Å². The summed E-state index contributed by atoms with van der Waals surface area (Å²) >= 11 is 0. The fourth-order valence-electron chi connectivity index (χ4n) is 3.46. The molecule has 2 atom stereocenters. The summed E-state index contributed by atoms with van der Waals surface area (Å²) in [6.07, 6.45) is -0.272. The standard InChI is InChI=1S/C19H21NO5.C11H15NO3.ClH/c1-2-24-16-10-8-14(9-11-16)12-17(18(21)22)20-19(23)25-13-15-6-4-3-5-7-15;1-2-15-9-5-3-8(4-6-9)7-10(12)11(13)14;/h3-11,17H,2,12-13H2,1H3,(H,20,23)(H,21,22);3-6,10H,2,7,12H2,1H3,(H,13,14);1H/t17-;10-;/m11./s1. The van der Waals surface area contributed by atoms with Gasteiger partial charge in [0.2, 0.25) is 0 Å². The third-order valence-electron chi connectivity index (χ3n) is 5.48. The molecule has 11 heteroatoms. The number of carboxylic acid groups (broad SMARTS) is 2. The van der Waals surface area contributed by atoms with Gasteiger partial charge in [-0.1, -0.05) is 54.6 Å². The van der Waals surface area contributed by atoms with E-state index in [1.807, 2.05) is 68.4 Å². The zero-order chi connectivity index (χ0) is 29.3. The van der Waals surface area contributed by atoms with E-state index >= 15 is 0 Å². The van der Waals surface area contributed by atoms with Gasteiger partial charge >= 0.3 is 18.0 Å². The molecule has 222 valence electrons. The molecule has 0 radical (unpaired) electrons. The molecule has 1 amide bonds. The highest BCUT2D eigenvalue weighted by molar-refractivity contribution is 5.85. The maximum absolute atomic E-state index is 11.8. The summed E-state index contributed by atoms with van der Waals surface area (Å²) in [5, 5.41) is 20.3. The van der Waals surface area contributed by atoms with Crippen molar-refractivity contribution < 1.29 is 38.8 Å². The molecule has 0 heterocycles. The Morgan fingerprint density at radius 2 is 1.22 bits per heavy atom. The van der Waals surface area contributed by atoms with Gasteiger partial charge in [0.05, 0.1) is 13.2 Å². The van der Waals surface area contributed by atoms with E-state index in [-0.39, 0.29) is 25.4 Å². The maximum atomic E-state index is 11.8. The first kappa shape index (κ1) is 34.7. The Balaban J connectivity index is 0.000000451. The van der Waals surface area contributed by atoms with Crippen LogP contribution >= 0.6 is 12.4 Å². The molecule has 3 aromatic rings. The second-order valence-electron chi connectivity index (χ2n) is 8.60. The van der Waals surface area contributed by atoms with Gasteiger partial charge in [0, 0.05) is 6.42 Å². The highest BCUT2D eigenvalue weighted by atomic mass is 35.5. The molecule has 5 N–H and O–H groups in total. The van der Waals surface area contributed by atoms with E-state index in [0.717, 1.165) is 22.4 Å². The number of halogens is 1. The van der Waals surface area contributed by atoms with Crippen LogP contribution in [0.15, 0.2) is 78.9 Å². The first-order valence-corrected chi connectivity index (χ1v) is 12.8. The molecule has 10 nitrogen and oxygen atoms in total. The second kappa shape index (κ2) is 18.9. The lowest BCUT2D eigenvalue weighted by atomic mass is 10.1. The largest absolute Gasteiger partial charge is 0.494 e. The van der Waals surface area contributed by atoms with Gasteiger partial charge in [0.15, 0.2) is 0 Å². The van der Waals surface area contributed by atoms with Gasteiger partial charge in [-0.15, -0.1) is 12.4 Å². The van der Waals surface area contributed by atoms with Crippen LogP contribution in [0.3, 0.4) is 0 Å². The van der Waals surface area contributed by atoms with E-state index in [1.165, 1.54) is 0 Å². The smallest absolute Gasteiger partial charge is 0.408 e. The van der Waals surface area contributed by atoms with E-state index in [2.05, 4.69) is 5.32 Å². The van der Waals surface area contributed by atoms with E-state index < -0.39 is 30.1 Å². The predicted molar refractivity (Wildman–Crippen MR) is 157 cm³/mol. The summed E-state index contributed by atoms with van der Waals surface area (Å²) in [4.78, 5) is 33.8. The summed E-state index contributed by atoms with van der Waals surface area (Å²) in [6, 6.07) is 21.6. The molecule has 0 saturated carbocycles. The van der Waals surface area contributed by atoms with Crippen LogP contribution in [0.4, 0.5) is 4.79 Å². The summed E-state index contributed by atoms with van der Waals surface area (Å²) in [7, 11) is 0. The average Bonchev–Trinajstić information content (AvgIpc) is 2.95. The van der Waals surface area contributed by atoms with Gasteiger partial charge in [0.25, 0.3) is 0 Å². The van der Waals surface area contributed by atoms with E-state index in [4.69, 9.17) is 25.1 Å². The van der Waals surface area contributed by atoms with Crippen molar-refractivity contribution in [3.05, 3.63) is 95.6 Å². The molecular weight excluding hydrogens is 552 g/mol. The fourth-order valence-corrected chi connectivity index (χ4v) is 3.46. The Morgan fingerprint density at radius 3 is 1.66 bits per heavy atom. The topological polar surface area (TPSA) is 157 Å². The molecule has 0 fully saturated rings. The van der Waals surface area contributed by atoms with Crippen LogP contribution in [0.25, 0.3) is 0 Å². The van der Waals surface area contributed by atoms with Crippen molar-refractivity contribution in [2.24, 2.45) is 5.73 Å². The minimum Gasteiger partial charge on any atom is -0.494 e. The zero-order valence-corrected chi connectivity index (χ0v) is 23.8. The van der Waals surface area contributed by atoms with Crippen LogP contribution in [0.1, 0.15) is 30.5 Å². The van der Waals surface area contributed by atoms with Gasteiger partial charge in [-0.3, -0.25) is 4.79 Å². The third-order valence-corrected chi connectivity index (χ3v) is 5.48. The SMILES string of the molecule is CCOc1ccc(C[C@@H](N)C(=O)O)cc1.CCOc1ccc(C[C@@H](NC(=O)OCc2ccccc2)C(=O)O)cc1.Cl. The lowest BCUT2D eigenvalue weighted by Crippen LogP contribution is -2.42. The Labute approximate surface area is 245 Å². The van der Waals surface area contributed by atoms with E-state index in [1.54, 1.807) is 24.3 Å². The number of hydrogen-bond donors (Lipinski definition) is 4. The number of nitrogens with one attached hydrogen (secondary N) is 1. The quantitative estimate of drug-likeness (QED) is 0.226. The van der Waals surface area contributed by atoms with Gasteiger partial charge in [-0.2, -0.15) is 0 Å². The summed E-state index contributed by atoms with van der Waals surface area (Å²) in [5.41, 5.74) is 7.92. The van der Waals surface area contributed by atoms with Gasteiger partial charge in [-0.05, 0) is 61.2 Å². The molecule has 0 saturated heterocycles. The summed E-state index contributed by atoms with van der Waals surface area (Å²) in [5.74, 6) is -0.604. The second-order valence-corrected chi connectivity index (χ2v) is 8.60. The number of carbonyl (C=O) groups excluding carboxylic acids is 1. The molecule has 0 spiro atoms. The van der Waals surface area contributed by atoms with E-state index in [9.17, 15) is 19.5 Å². The Hall–Kier alpha value is -4.28. The lowest BCUT2D eigenvalue weighted by Gasteiger charge is -2.15. The monoisotopic (exact) mass is 588 g/mol. The molecule has 0 bridgehead atoms. The van der Waals surface area contributed by atoms with Crippen molar-refractivity contribution >= 4 is 30.4 Å². The number of amides is 1. The summed E-state index contributed by atoms with van der Waals surface area (Å²) in [6.45, 7) is 5.07. The van der Waals surface area contributed by atoms with Crippen molar-refractivity contribution in [1.82, 2.24) is 5.32 Å². The lowest BCUT2D eigenvalue weighted by molar-refractivity contribution is -0.139. The molecule has 0 aliphatic rings. The Morgan fingerprint density at radius 1 is 0.732 bits per heavy atom. The number of nitrogens with two attached hydrogens (primary N) is 1. The van der Waals surface area contributed by atoms with Gasteiger partial charge in [-0.25, -0.2) is 9.59 Å². The molecule has 41 heavy (non-hydrogen) atoms. The fraction of sp³-hybridized carbons (Fsp3) is 0.300. The molecule has 0 aromatic heterocycles. The highest BCUT2D eigenvalue weighted by Crippen LogP contribution is 2.14. The average molecular weight is 589 g/mol. The molecule has 3 rings (SSSR count). The van der Waals surface area contributed by atoms with Crippen LogP contribution in [-0.4, -0.2) is 53.5 Å². The number of carbonyl (C=O) groups is 3. The minimum atomic E-state index is -1.12. The van der Waals surface area contributed by atoms with Crippen LogP contribution in [0, 0.1) is 0 Å². The minimum absolute atomic E-state index is 0. The number of carboxylic acids is 2. The summed E-state index contributed by atoms with van der Waals surface area (Å²) < 4.78 is 15.7. The van der Waals surface area contributed by atoms with E-state index in [0.29, 0.717) is 25.4 Å². The normalized spacial score (nSPS) is 11.4. The van der Waals surface area contributed by atoms with Gasteiger partial charge < -0.3 is 35.5 Å².